The van der Waals surface area contributed by atoms with E-state index in [2.05, 4.69) is 4.74 Å². The Bertz CT molecular complexity index is 605. The highest BCUT2D eigenvalue weighted by atomic mass is 19.4. The zero-order chi connectivity index (χ0) is 20.1. The molecule has 0 atom stereocenters. The predicted octanol–water partition coefficient (Wildman–Crippen LogP) is 4.34. The number of halogens is 3. The third-order valence-corrected chi connectivity index (χ3v) is 3.52. The van der Waals surface area contributed by atoms with Crippen LogP contribution in [0.1, 0.15) is 33.6 Å². The number of benzene rings is 1. The van der Waals surface area contributed by atoms with Gasteiger partial charge in [0.15, 0.2) is 6.61 Å². The van der Waals surface area contributed by atoms with Crippen molar-refractivity contribution < 1.29 is 37.0 Å². The molecular formula is C18H24F3NO5. The van der Waals surface area contributed by atoms with Gasteiger partial charge in [-0.3, -0.25) is 0 Å². The molecule has 0 saturated carbocycles. The van der Waals surface area contributed by atoms with E-state index in [1.165, 1.54) is 17.2 Å². The van der Waals surface area contributed by atoms with Crippen LogP contribution in [0.4, 0.5) is 18.0 Å². The van der Waals surface area contributed by atoms with Crippen LogP contribution in [0.15, 0.2) is 24.3 Å². The van der Waals surface area contributed by atoms with E-state index in [4.69, 9.17) is 14.3 Å². The van der Waals surface area contributed by atoms with Gasteiger partial charge in [0.1, 0.15) is 23.2 Å². The van der Waals surface area contributed by atoms with Crippen molar-refractivity contribution in [3.8, 4) is 11.5 Å². The summed E-state index contributed by atoms with van der Waals surface area (Å²) in [5.41, 5.74) is -0.617. The van der Waals surface area contributed by atoms with Crippen molar-refractivity contribution >= 4 is 6.16 Å². The topological polar surface area (TPSA) is 57.2 Å². The van der Waals surface area contributed by atoms with Gasteiger partial charge in [0.05, 0.1) is 0 Å². The predicted molar refractivity (Wildman–Crippen MR) is 90.5 cm³/mol. The van der Waals surface area contributed by atoms with Crippen LogP contribution in [0.3, 0.4) is 0 Å². The van der Waals surface area contributed by atoms with Gasteiger partial charge in [-0.1, -0.05) is 0 Å². The molecular weight excluding hydrogens is 367 g/mol. The molecule has 152 valence electrons. The Balaban J connectivity index is 1.73. The number of piperidine rings is 1. The fraction of sp³-hybridized carbons (Fsp3) is 0.611. The van der Waals surface area contributed by atoms with Gasteiger partial charge in [-0.05, 0) is 45.0 Å². The summed E-state index contributed by atoms with van der Waals surface area (Å²) in [5, 5.41) is 1.53. The average molecular weight is 391 g/mol. The molecule has 0 amide bonds. The molecule has 0 unspecified atom stereocenters. The number of ether oxygens (including phenoxy) is 3. The standard InChI is InChI=1S/C18H24F3NO5/c1-17(2,3)26-16(23)27-22-10-8-15(9-11-22)25-14-6-4-13(5-7-14)24-12-18(19,20)21/h4-7,15H,8-12H2,1-3H3. The summed E-state index contributed by atoms with van der Waals surface area (Å²) in [7, 11) is 0. The number of carbonyl (C=O) groups excluding carboxylic acids is 1. The summed E-state index contributed by atoms with van der Waals surface area (Å²) in [5.74, 6) is 0.668. The number of nitrogens with zero attached hydrogens (tertiary/aromatic N) is 1. The van der Waals surface area contributed by atoms with Crippen LogP contribution < -0.4 is 9.47 Å². The smallest absolute Gasteiger partial charge is 0.490 e. The summed E-state index contributed by atoms with van der Waals surface area (Å²) in [4.78, 5) is 16.8. The SMILES string of the molecule is CC(C)(C)OC(=O)ON1CCC(Oc2ccc(OCC(F)(F)F)cc2)CC1. The molecule has 0 aromatic heterocycles. The highest BCUT2D eigenvalue weighted by Gasteiger charge is 2.28. The zero-order valence-electron chi connectivity index (χ0n) is 15.5. The normalized spacial score (nSPS) is 16.7. The van der Waals surface area contributed by atoms with Gasteiger partial charge >= 0.3 is 12.3 Å². The Labute approximate surface area is 156 Å². The molecule has 1 aromatic rings. The maximum Gasteiger partial charge on any atom is 0.528 e. The number of hydroxylamine groups is 2. The van der Waals surface area contributed by atoms with Crippen LogP contribution in [0.25, 0.3) is 0 Å². The fourth-order valence-corrected chi connectivity index (χ4v) is 2.39. The zero-order valence-corrected chi connectivity index (χ0v) is 15.5. The van der Waals surface area contributed by atoms with E-state index in [0.29, 0.717) is 31.7 Å². The lowest BCUT2D eigenvalue weighted by atomic mass is 10.1. The number of hydrogen-bond donors (Lipinski definition) is 0. The summed E-state index contributed by atoms with van der Waals surface area (Å²) >= 11 is 0. The summed E-state index contributed by atoms with van der Waals surface area (Å²) in [6.45, 7) is 4.94. The van der Waals surface area contributed by atoms with Crippen molar-refractivity contribution in [1.82, 2.24) is 5.06 Å². The molecule has 27 heavy (non-hydrogen) atoms. The molecule has 0 bridgehead atoms. The van der Waals surface area contributed by atoms with Crippen molar-refractivity contribution in [2.45, 2.75) is 51.5 Å². The molecule has 0 aliphatic carbocycles. The van der Waals surface area contributed by atoms with Gasteiger partial charge < -0.3 is 19.0 Å². The van der Waals surface area contributed by atoms with E-state index in [-0.39, 0.29) is 11.9 Å². The van der Waals surface area contributed by atoms with Crippen molar-refractivity contribution in [2.24, 2.45) is 0 Å². The quantitative estimate of drug-likeness (QED) is 0.696. The van der Waals surface area contributed by atoms with E-state index >= 15 is 0 Å². The van der Waals surface area contributed by atoms with Gasteiger partial charge in [-0.2, -0.15) is 13.2 Å². The second kappa shape index (κ2) is 8.69. The Morgan fingerprint density at radius 3 is 2.15 bits per heavy atom. The molecule has 6 nitrogen and oxygen atoms in total. The summed E-state index contributed by atoms with van der Waals surface area (Å²) < 4.78 is 52.0. The first kappa shape index (κ1) is 21.1. The van der Waals surface area contributed by atoms with Crippen LogP contribution in [0.5, 0.6) is 11.5 Å². The van der Waals surface area contributed by atoms with Crippen molar-refractivity contribution in [1.29, 1.82) is 0 Å². The number of rotatable bonds is 5. The lowest BCUT2D eigenvalue weighted by molar-refractivity contribution is -0.158. The van der Waals surface area contributed by atoms with Gasteiger partial charge in [0.2, 0.25) is 0 Å². The largest absolute Gasteiger partial charge is 0.528 e. The van der Waals surface area contributed by atoms with Crippen molar-refractivity contribution in [3.63, 3.8) is 0 Å². The van der Waals surface area contributed by atoms with Gasteiger partial charge in [0, 0.05) is 25.9 Å². The number of alkyl halides is 3. The first-order chi connectivity index (χ1) is 12.5. The summed E-state index contributed by atoms with van der Waals surface area (Å²) in [6, 6.07) is 5.99. The first-order valence-corrected chi connectivity index (χ1v) is 8.62. The van der Waals surface area contributed by atoms with Crippen LogP contribution in [0, 0.1) is 0 Å². The number of hydrogen-bond acceptors (Lipinski definition) is 6. The lowest BCUT2D eigenvalue weighted by Crippen LogP contribution is -2.40. The Kier molecular flexibility index (Phi) is 6.80. The van der Waals surface area contributed by atoms with Crippen LogP contribution in [0.2, 0.25) is 0 Å². The molecule has 1 heterocycles. The third kappa shape index (κ3) is 8.38. The Morgan fingerprint density at radius 1 is 1.07 bits per heavy atom. The molecule has 0 radical (unpaired) electrons. The highest BCUT2D eigenvalue weighted by molar-refractivity contribution is 5.60. The minimum atomic E-state index is -4.37. The van der Waals surface area contributed by atoms with Crippen LogP contribution in [-0.4, -0.2) is 48.8 Å². The van der Waals surface area contributed by atoms with Gasteiger partial charge in [-0.15, -0.1) is 5.06 Å². The molecule has 1 aromatic carbocycles. The van der Waals surface area contributed by atoms with E-state index in [9.17, 15) is 18.0 Å². The van der Waals surface area contributed by atoms with E-state index in [0.717, 1.165) is 0 Å². The van der Waals surface area contributed by atoms with Crippen molar-refractivity contribution in [2.75, 3.05) is 19.7 Å². The Morgan fingerprint density at radius 2 is 1.63 bits per heavy atom. The molecule has 1 aliphatic rings. The minimum absolute atomic E-state index is 0.0783. The van der Waals surface area contributed by atoms with Gasteiger partial charge in [-0.25, -0.2) is 4.79 Å². The highest BCUT2D eigenvalue weighted by Crippen LogP contribution is 2.24. The minimum Gasteiger partial charge on any atom is -0.490 e. The third-order valence-electron chi connectivity index (χ3n) is 3.52. The number of carbonyl (C=O) groups is 1. The maximum atomic E-state index is 12.1. The second-order valence-electron chi connectivity index (χ2n) is 7.18. The maximum absolute atomic E-state index is 12.1. The van der Waals surface area contributed by atoms with Crippen LogP contribution >= 0.6 is 0 Å². The first-order valence-electron chi connectivity index (χ1n) is 8.62. The average Bonchev–Trinajstić information content (AvgIpc) is 2.53. The van der Waals surface area contributed by atoms with E-state index in [1.54, 1.807) is 32.9 Å². The molecule has 9 heteroatoms. The molecule has 1 aliphatic heterocycles. The molecule has 2 rings (SSSR count). The molecule has 0 spiro atoms. The Hall–Kier alpha value is -2.16. The van der Waals surface area contributed by atoms with Crippen molar-refractivity contribution in [3.05, 3.63) is 24.3 Å². The molecule has 0 N–H and O–H groups in total. The second-order valence-corrected chi connectivity index (χ2v) is 7.18. The van der Waals surface area contributed by atoms with E-state index in [1.807, 2.05) is 0 Å². The van der Waals surface area contributed by atoms with E-state index < -0.39 is 24.5 Å². The van der Waals surface area contributed by atoms with Crippen LogP contribution in [-0.2, 0) is 9.57 Å². The van der Waals surface area contributed by atoms with Gasteiger partial charge in [0.25, 0.3) is 0 Å². The monoisotopic (exact) mass is 391 g/mol. The summed E-state index contributed by atoms with van der Waals surface area (Å²) in [6.07, 6.45) is -3.92. The lowest BCUT2D eigenvalue weighted by Gasteiger charge is -2.31. The fourth-order valence-electron chi connectivity index (χ4n) is 2.39. The molecule has 1 fully saturated rings. The molecule has 1 saturated heterocycles.